The van der Waals surface area contributed by atoms with Crippen LogP contribution in [0.3, 0.4) is 0 Å². The van der Waals surface area contributed by atoms with E-state index < -0.39 is 0 Å². The van der Waals surface area contributed by atoms with Gasteiger partial charge >= 0.3 is 5.97 Å². The first-order valence-electron chi connectivity index (χ1n) is 6.30. The number of furan rings is 1. The van der Waals surface area contributed by atoms with E-state index in [0.717, 1.165) is 31.0 Å². The summed E-state index contributed by atoms with van der Waals surface area (Å²) < 4.78 is 10.2. The number of esters is 1. The Balaban J connectivity index is 2.28. The Bertz CT molecular complexity index is 382. The van der Waals surface area contributed by atoms with Crippen LogP contribution < -0.4 is 5.32 Å². The number of aryl methyl sites for hydroxylation is 1. The molecule has 0 saturated heterocycles. The molecule has 0 bridgehead atoms. The summed E-state index contributed by atoms with van der Waals surface area (Å²) in [6, 6.07) is 4.00. The van der Waals surface area contributed by atoms with E-state index in [1.54, 1.807) is 0 Å². The van der Waals surface area contributed by atoms with Gasteiger partial charge in [0.25, 0.3) is 0 Å². The van der Waals surface area contributed by atoms with Crippen LogP contribution in [0, 0.1) is 6.92 Å². The minimum Gasteiger partial charge on any atom is -0.469 e. The van der Waals surface area contributed by atoms with E-state index in [-0.39, 0.29) is 11.4 Å². The van der Waals surface area contributed by atoms with Gasteiger partial charge in [0.05, 0.1) is 7.11 Å². The molecule has 102 valence electrons. The second kappa shape index (κ2) is 6.59. The van der Waals surface area contributed by atoms with E-state index in [4.69, 9.17) is 4.42 Å². The van der Waals surface area contributed by atoms with Crippen molar-refractivity contribution < 1.29 is 13.9 Å². The number of hydrogen-bond acceptors (Lipinski definition) is 4. The molecule has 0 aliphatic rings. The predicted octanol–water partition coefficient (Wildman–Crippen LogP) is 2.41. The van der Waals surface area contributed by atoms with Gasteiger partial charge in [0.1, 0.15) is 11.5 Å². The Morgan fingerprint density at radius 2 is 2.17 bits per heavy atom. The van der Waals surface area contributed by atoms with Gasteiger partial charge in [0, 0.05) is 18.4 Å². The highest BCUT2D eigenvalue weighted by Crippen LogP contribution is 2.24. The van der Waals surface area contributed by atoms with Gasteiger partial charge in [0.2, 0.25) is 0 Å². The molecule has 1 rings (SSSR count). The van der Waals surface area contributed by atoms with Crippen molar-refractivity contribution in [3.63, 3.8) is 0 Å². The Morgan fingerprint density at radius 1 is 1.44 bits per heavy atom. The summed E-state index contributed by atoms with van der Waals surface area (Å²) in [6.07, 6.45) is 1.25. The molecular formula is C14H23NO3. The van der Waals surface area contributed by atoms with E-state index in [1.807, 2.05) is 19.1 Å². The molecule has 0 radical (unpaired) electrons. The van der Waals surface area contributed by atoms with Crippen molar-refractivity contribution in [2.75, 3.05) is 20.2 Å². The van der Waals surface area contributed by atoms with Crippen LogP contribution >= 0.6 is 0 Å². The third-order valence-electron chi connectivity index (χ3n) is 2.94. The zero-order valence-electron chi connectivity index (χ0n) is 11.7. The topological polar surface area (TPSA) is 51.5 Å². The van der Waals surface area contributed by atoms with Crippen LogP contribution in [0.25, 0.3) is 0 Å². The maximum Gasteiger partial charge on any atom is 0.305 e. The highest BCUT2D eigenvalue weighted by atomic mass is 16.5. The van der Waals surface area contributed by atoms with Crippen LogP contribution in [0.5, 0.6) is 0 Å². The first-order chi connectivity index (χ1) is 8.45. The number of methoxy groups -OCH3 is 1. The highest BCUT2D eigenvalue weighted by molar-refractivity contribution is 5.69. The molecule has 1 aromatic heterocycles. The summed E-state index contributed by atoms with van der Waals surface area (Å²) in [5.74, 6) is 1.77. The summed E-state index contributed by atoms with van der Waals surface area (Å²) in [4.78, 5) is 10.9. The molecule has 0 spiro atoms. The number of carbonyl (C=O) groups excluding carboxylic acids is 1. The molecule has 0 unspecified atom stereocenters. The Labute approximate surface area is 109 Å². The maximum absolute atomic E-state index is 10.9. The molecule has 1 aromatic rings. The summed E-state index contributed by atoms with van der Waals surface area (Å²) >= 11 is 0. The molecule has 0 aliphatic carbocycles. The average Bonchev–Trinajstić information content (AvgIpc) is 2.75. The van der Waals surface area contributed by atoms with Crippen LogP contribution in [0.15, 0.2) is 16.5 Å². The van der Waals surface area contributed by atoms with Gasteiger partial charge in [-0.3, -0.25) is 4.79 Å². The Morgan fingerprint density at radius 3 is 2.72 bits per heavy atom. The van der Waals surface area contributed by atoms with Crippen molar-refractivity contribution >= 4 is 5.97 Å². The molecule has 18 heavy (non-hydrogen) atoms. The van der Waals surface area contributed by atoms with Crippen molar-refractivity contribution in [2.24, 2.45) is 0 Å². The van der Waals surface area contributed by atoms with E-state index in [0.29, 0.717) is 6.42 Å². The van der Waals surface area contributed by atoms with Gasteiger partial charge < -0.3 is 14.5 Å². The van der Waals surface area contributed by atoms with E-state index in [2.05, 4.69) is 23.9 Å². The second-order valence-electron chi connectivity index (χ2n) is 5.15. The number of hydrogen-bond donors (Lipinski definition) is 1. The monoisotopic (exact) mass is 253 g/mol. The minimum absolute atomic E-state index is 0.0421. The largest absolute Gasteiger partial charge is 0.469 e. The third kappa shape index (κ3) is 4.53. The molecule has 4 nitrogen and oxygen atoms in total. The minimum atomic E-state index is -0.155. The second-order valence-corrected chi connectivity index (χ2v) is 5.15. The van der Waals surface area contributed by atoms with Crippen molar-refractivity contribution in [3.05, 3.63) is 23.7 Å². The summed E-state index contributed by atoms with van der Waals surface area (Å²) in [5, 5.41) is 3.35. The van der Waals surface area contributed by atoms with Crippen LogP contribution in [0.1, 0.15) is 38.2 Å². The molecule has 0 atom stereocenters. The molecule has 0 aliphatic heterocycles. The molecular weight excluding hydrogens is 230 g/mol. The molecule has 0 fully saturated rings. The van der Waals surface area contributed by atoms with Crippen molar-refractivity contribution in [1.82, 2.24) is 5.32 Å². The molecule has 0 saturated carbocycles. The van der Waals surface area contributed by atoms with Crippen LogP contribution in [0.2, 0.25) is 0 Å². The Kier molecular flexibility index (Phi) is 5.41. The number of nitrogens with one attached hydrogen (secondary N) is 1. The normalized spacial score (nSPS) is 11.6. The van der Waals surface area contributed by atoms with Gasteiger partial charge in [-0.1, -0.05) is 13.8 Å². The van der Waals surface area contributed by atoms with Crippen molar-refractivity contribution in [3.8, 4) is 0 Å². The summed E-state index contributed by atoms with van der Waals surface area (Å²) in [5.41, 5.74) is -0.0421. The molecule has 0 amide bonds. The maximum atomic E-state index is 10.9. The van der Waals surface area contributed by atoms with E-state index in [9.17, 15) is 4.79 Å². The third-order valence-corrected chi connectivity index (χ3v) is 2.94. The SMILES string of the molecule is COC(=O)CCCNCC(C)(C)c1ccc(C)o1. The van der Waals surface area contributed by atoms with Gasteiger partial charge in [-0.25, -0.2) is 0 Å². The van der Waals surface area contributed by atoms with Crippen molar-refractivity contribution in [1.29, 1.82) is 0 Å². The van der Waals surface area contributed by atoms with Gasteiger partial charge in [-0.2, -0.15) is 0 Å². The lowest BCUT2D eigenvalue weighted by Gasteiger charge is -2.22. The molecule has 0 aromatic carbocycles. The first-order valence-corrected chi connectivity index (χ1v) is 6.30. The fourth-order valence-corrected chi connectivity index (χ4v) is 1.75. The highest BCUT2D eigenvalue weighted by Gasteiger charge is 2.23. The van der Waals surface area contributed by atoms with Crippen LogP contribution in [-0.4, -0.2) is 26.2 Å². The van der Waals surface area contributed by atoms with Crippen LogP contribution in [0.4, 0.5) is 0 Å². The lowest BCUT2D eigenvalue weighted by Crippen LogP contribution is -2.33. The molecule has 4 heteroatoms. The quantitative estimate of drug-likeness (QED) is 0.599. The van der Waals surface area contributed by atoms with E-state index in [1.165, 1.54) is 7.11 Å². The number of ether oxygens (including phenoxy) is 1. The van der Waals surface area contributed by atoms with Gasteiger partial charge in [0.15, 0.2) is 0 Å². The zero-order chi connectivity index (χ0) is 13.6. The van der Waals surface area contributed by atoms with Gasteiger partial charge in [-0.05, 0) is 32.0 Å². The fraction of sp³-hybridized carbons (Fsp3) is 0.643. The summed E-state index contributed by atoms with van der Waals surface area (Å²) in [7, 11) is 1.41. The number of rotatable bonds is 7. The Hall–Kier alpha value is -1.29. The van der Waals surface area contributed by atoms with E-state index >= 15 is 0 Å². The first kappa shape index (κ1) is 14.8. The fourth-order valence-electron chi connectivity index (χ4n) is 1.75. The molecule has 1 heterocycles. The molecule has 1 N–H and O–H groups in total. The lowest BCUT2D eigenvalue weighted by atomic mass is 9.90. The zero-order valence-corrected chi connectivity index (χ0v) is 11.7. The standard InChI is InChI=1S/C14H23NO3/c1-11-7-8-12(18-11)14(2,3)10-15-9-5-6-13(16)17-4/h7-8,15H,5-6,9-10H2,1-4H3. The van der Waals surface area contributed by atoms with Crippen molar-refractivity contribution in [2.45, 2.75) is 39.0 Å². The predicted molar refractivity (Wildman–Crippen MR) is 70.6 cm³/mol. The average molecular weight is 253 g/mol. The van der Waals surface area contributed by atoms with Crippen LogP contribution in [-0.2, 0) is 14.9 Å². The smallest absolute Gasteiger partial charge is 0.305 e. The summed E-state index contributed by atoms with van der Waals surface area (Å²) in [6.45, 7) is 7.85. The number of carbonyl (C=O) groups is 1. The van der Waals surface area contributed by atoms with Gasteiger partial charge in [-0.15, -0.1) is 0 Å². The lowest BCUT2D eigenvalue weighted by molar-refractivity contribution is -0.140.